The maximum atomic E-state index is 9.64. The summed E-state index contributed by atoms with van der Waals surface area (Å²) in [5.74, 6) is -0.396. The Kier molecular flexibility index (Phi) is 4.77. The number of methoxy groups -OCH3 is 1. The van der Waals surface area contributed by atoms with Gasteiger partial charge in [-0.25, -0.2) is 0 Å². The molecule has 2 aromatic carbocycles. The Labute approximate surface area is 137 Å². The lowest BCUT2D eigenvalue weighted by Gasteiger charge is -2.25. The Morgan fingerprint density at radius 2 is 1.48 bits per heavy atom. The van der Waals surface area contributed by atoms with Crippen LogP contribution in [0.15, 0.2) is 42.5 Å². The minimum absolute atomic E-state index is 0.225. The molecule has 0 saturated heterocycles. The summed E-state index contributed by atoms with van der Waals surface area (Å²) in [6.07, 6.45) is 0. The number of benzene rings is 2. The highest BCUT2D eigenvalue weighted by molar-refractivity contribution is 6.68. The number of alkyl halides is 3. The van der Waals surface area contributed by atoms with Crippen molar-refractivity contribution in [2.75, 3.05) is 7.11 Å². The molecule has 0 aliphatic rings. The average molecular weight is 348 g/mol. The molecule has 0 radical (unpaired) electrons. The van der Waals surface area contributed by atoms with Crippen LogP contribution in [0.3, 0.4) is 0 Å². The number of phenols is 2. The molecule has 0 amide bonds. The zero-order chi connectivity index (χ0) is 15.6. The molecule has 6 heteroatoms. The van der Waals surface area contributed by atoms with E-state index in [1.807, 2.05) is 0 Å². The van der Waals surface area contributed by atoms with Gasteiger partial charge < -0.3 is 14.9 Å². The number of hydrogen-bond acceptors (Lipinski definition) is 3. The Morgan fingerprint density at radius 1 is 0.905 bits per heavy atom. The summed E-state index contributed by atoms with van der Waals surface area (Å²) in [7, 11) is 1.57. The third kappa shape index (κ3) is 3.67. The van der Waals surface area contributed by atoms with Gasteiger partial charge in [0.2, 0.25) is 3.79 Å². The molecule has 0 aliphatic heterocycles. The van der Waals surface area contributed by atoms with Gasteiger partial charge in [0.15, 0.2) is 11.5 Å². The predicted molar refractivity (Wildman–Crippen MR) is 84.9 cm³/mol. The summed E-state index contributed by atoms with van der Waals surface area (Å²) in [6, 6.07) is 11.4. The zero-order valence-corrected chi connectivity index (χ0v) is 13.3. The van der Waals surface area contributed by atoms with Gasteiger partial charge in [0, 0.05) is 0 Å². The normalized spacial score (nSPS) is 13.0. The van der Waals surface area contributed by atoms with Gasteiger partial charge in [0.05, 0.1) is 13.0 Å². The van der Waals surface area contributed by atoms with Crippen molar-refractivity contribution in [3.8, 4) is 17.2 Å². The van der Waals surface area contributed by atoms with E-state index in [-0.39, 0.29) is 11.5 Å². The van der Waals surface area contributed by atoms with Crippen molar-refractivity contribution < 1.29 is 14.9 Å². The lowest BCUT2D eigenvalue weighted by Crippen LogP contribution is -2.18. The highest BCUT2D eigenvalue weighted by Gasteiger charge is 2.35. The second-order valence-electron chi connectivity index (χ2n) is 4.50. The van der Waals surface area contributed by atoms with Crippen LogP contribution >= 0.6 is 34.8 Å². The van der Waals surface area contributed by atoms with Crippen molar-refractivity contribution in [3.05, 3.63) is 53.6 Å². The summed E-state index contributed by atoms with van der Waals surface area (Å²) in [6.45, 7) is 0. The molecule has 0 bridgehead atoms. The van der Waals surface area contributed by atoms with Gasteiger partial charge in [-0.2, -0.15) is 0 Å². The van der Waals surface area contributed by atoms with Crippen LogP contribution in [-0.4, -0.2) is 21.1 Å². The maximum absolute atomic E-state index is 9.64. The van der Waals surface area contributed by atoms with E-state index in [1.165, 1.54) is 12.1 Å². The molecule has 3 nitrogen and oxygen atoms in total. The summed E-state index contributed by atoms with van der Waals surface area (Å²) in [5.41, 5.74) is 1.33. The van der Waals surface area contributed by atoms with E-state index in [4.69, 9.17) is 39.5 Å². The summed E-state index contributed by atoms with van der Waals surface area (Å²) >= 11 is 18.3. The first kappa shape index (κ1) is 16.1. The molecule has 112 valence electrons. The fraction of sp³-hybridized carbons (Fsp3) is 0.200. The summed E-state index contributed by atoms with van der Waals surface area (Å²) in [5, 5.41) is 19.0. The molecule has 0 aliphatic carbocycles. The van der Waals surface area contributed by atoms with Crippen molar-refractivity contribution in [2.45, 2.75) is 9.71 Å². The third-order valence-electron chi connectivity index (χ3n) is 3.11. The number of phenolic OH excluding ortho intramolecular Hbond substituents is 2. The Balaban J connectivity index is 2.49. The lowest BCUT2D eigenvalue weighted by molar-refractivity contribution is 0.403. The van der Waals surface area contributed by atoms with Crippen molar-refractivity contribution in [3.63, 3.8) is 0 Å². The molecule has 1 unspecified atom stereocenters. The largest absolute Gasteiger partial charge is 0.504 e. The third-order valence-corrected chi connectivity index (χ3v) is 3.76. The Morgan fingerprint density at radius 3 is 1.95 bits per heavy atom. The van der Waals surface area contributed by atoms with Crippen LogP contribution in [0.25, 0.3) is 0 Å². The van der Waals surface area contributed by atoms with E-state index in [1.54, 1.807) is 37.4 Å². The molecular formula is C15H13Cl3O3. The van der Waals surface area contributed by atoms with Crippen LogP contribution in [0.2, 0.25) is 0 Å². The van der Waals surface area contributed by atoms with E-state index in [0.717, 1.165) is 5.56 Å². The molecule has 0 aromatic heterocycles. The molecule has 2 rings (SSSR count). The van der Waals surface area contributed by atoms with Crippen LogP contribution < -0.4 is 4.74 Å². The van der Waals surface area contributed by atoms with Crippen LogP contribution in [0.4, 0.5) is 0 Å². The predicted octanol–water partition coefficient (Wildman–Crippen LogP) is 4.61. The lowest BCUT2D eigenvalue weighted by atomic mass is 9.92. The highest BCUT2D eigenvalue weighted by Crippen LogP contribution is 2.47. The Hall–Kier alpha value is -1.29. The van der Waals surface area contributed by atoms with E-state index in [0.29, 0.717) is 11.3 Å². The molecule has 2 N–H and O–H groups in total. The quantitative estimate of drug-likeness (QED) is 0.630. The molecule has 21 heavy (non-hydrogen) atoms. The highest BCUT2D eigenvalue weighted by atomic mass is 35.6. The molecule has 0 heterocycles. The molecular weight excluding hydrogens is 335 g/mol. The maximum Gasteiger partial charge on any atom is 0.201 e. The topological polar surface area (TPSA) is 49.7 Å². The van der Waals surface area contributed by atoms with Crippen molar-refractivity contribution >= 4 is 34.8 Å². The number of rotatable bonds is 3. The van der Waals surface area contributed by atoms with Crippen LogP contribution in [0.5, 0.6) is 17.2 Å². The zero-order valence-electron chi connectivity index (χ0n) is 11.1. The first-order valence-corrected chi connectivity index (χ1v) is 7.19. The van der Waals surface area contributed by atoms with Crippen molar-refractivity contribution in [1.82, 2.24) is 0 Å². The van der Waals surface area contributed by atoms with E-state index >= 15 is 0 Å². The first-order chi connectivity index (χ1) is 9.82. The SMILES string of the molecule is COc1ccc(C(c2ccc(O)c(O)c2)C(Cl)(Cl)Cl)cc1. The van der Waals surface area contributed by atoms with Crippen LogP contribution in [-0.2, 0) is 0 Å². The van der Waals surface area contributed by atoms with Gasteiger partial charge in [-0.1, -0.05) is 53.0 Å². The number of halogens is 3. The number of ether oxygens (including phenoxy) is 1. The second kappa shape index (κ2) is 6.22. The first-order valence-electron chi connectivity index (χ1n) is 6.05. The van der Waals surface area contributed by atoms with Crippen LogP contribution in [0.1, 0.15) is 17.0 Å². The smallest absolute Gasteiger partial charge is 0.201 e. The number of aromatic hydroxyl groups is 2. The minimum atomic E-state index is -1.61. The standard InChI is InChI=1S/C15H13Cl3O3/c1-21-11-5-2-9(3-6-11)14(15(16,17)18)10-4-7-12(19)13(20)8-10/h2-8,14,19-20H,1H3. The molecule has 2 aromatic rings. The van der Waals surface area contributed by atoms with E-state index < -0.39 is 9.71 Å². The van der Waals surface area contributed by atoms with Gasteiger partial charge in [0.1, 0.15) is 5.75 Å². The van der Waals surface area contributed by atoms with E-state index in [2.05, 4.69) is 0 Å². The van der Waals surface area contributed by atoms with Crippen molar-refractivity contribution in [2.24, 2.45) is 0 Å². The average Bonchev–Trinajstić information content (AvgIpc) is 2.42. The molecule has 1 atom stereocenters. The van der Waals surface area contributed by atoms with Gasteiger partial charge in [-0.05, 0) is 35.4 Å². The molecule has 0 spiro atoms. The molecule has 0 fully saturated rings. The fourth-order valence-electron chi connectivity index (χ4n) is 2.09. The fourth-order valence-corrected chi connectivity index (χ4v) is 2.84. The Bertz CT molecular complexity index is 621. The summed E-state index contributed by atoms with van der Waals surface area (Å²) in [4.78, 5) is 0. The van der Waals surface area contributed by atoms with Gasteiger partial charge in [-0.3, -0.25) is 0 Å². The van der Waals surface area contributed by atoms with Crippen molar-refractivity contribution in [1.29, 1.82) is 0 Å². The minimum Gasteiger partial charge on any atom is -0.504 e. The second-order valence-corrected chi connectivity index (χ2v) is 6.86. The molecule has 0 saturated carbocycles. The van der Waals surface area contributed by atoms with E-state index in [9.17, 15) is 10.2 Å². The van der Waals surface area contributed by atoms with Gasteiger partial charge >= 0.3 is 0 Å². The van der Waals surface area contributed by atoms with Crippen LogP contribution in [0, 0.1) is 0 Å². The summed E-state index contributed by atoms with van der Waals surface area (Å²) < 4.78 is 3.49. The van der Waals surface area contributed by atoms with Gasteiger partial charge in [0.25, 0.3) is 0 Å². The monoisotopic (exact) mass is 346 g/mol. The number of hydrogen-bond donors (Lipinski definition) is 2. The van der Waals surface area contributed by atoms with Gasteiger partial charge in [-0.15, -0.1) is 0 Å².